The number of piperazine rings is 1. The predicted octanol–water partition coefficient (Wildman–Crippen LogP) is 1.40. The van der Waals surface area contributed by atoms with E-state index in [4.69, 9.17) is 4.42 Å². The molecule has 1 saturated heterocycles. The van der Waals surface area contributed by atoms with Crippen molar-refractivity contribution in [1.82, 2.24) is 24.9 Å². The van der Waals surface area contributed by atoms with Crippen molar-refractivity contribution in [3.8, 4) is 0 Å². The molecular weight excluding hydrogens is 318 g/mol. The molecule has 2 aromatic rings. The summed E-state index contributed by atoms with van der Waals surface area (Å²) < 4.78 is 5.33. The lowest BCUT2D eigenvalue weighted by Gasteiger charge is -2.32. The van der Waals surface area contributed by atoms with Crippen molar-refractivity contribution < 1.29 is 9.21 Å². The van der Waals surface area contributed by atoms with Crippen LogP contribution in [-0.4, -0.2) is 71.1 Å². The van der Waals surface area contributed by atoms with Gasteiger partial charge in [0.25, 0.3) is 5.91 Å². The van der Waals surface area contributed by atoms with Gasteiger partial charge in [0.15, 0.2) is 0 Å². The Bertz CT molecular complexity index is 705. The first kappa shape index (κ1) is 17.6. The summed E-state index contributed by atoms with van der Waals surface area (Å²) in [5.41, 5.74) is 1.90. The van der Waals surface area contributed by atoms with Gasteiger partial charge in [0, 0.05) is 52.3 Å². The fraction of sp³-hybridized carbons (Fsp3) is 0.500. The number of hydrogen-bond acceptors (Lipinski definition) is 6. The summed E-state index contributed by atoms with van der Waals surface area (Å²) in [5, 5.41) is 7.71. The quantitative estimate of drug-likeness (QED) is 0.818. The first-order valence-electron chi connectivity index (χ1n) is 8.55. The molecule has 1 aliphatic heterocycles. The Morgan fingerprint density at radius 2 is 1.84 bits per heavy atom. The summed E-state index contributed by atoms with van der Waals surface area (Å²) >= 11 is 0. The summed E-state index contributed by atoms with van der Waals surface area (Å²) in [6.45, 7) is 7.36. The first-order chi connectivity index (χ1) is 12.0. The molecule has 134 valence electrons. The minimum Gasteiger partial charge on any atom is -0.424 e. The molecule has 1 fully saturated rings. The molecule has 0 N–H and O–H groups in total. The Hall–Kier alpha value is -2.25. The molecule has 7 heteroatoms. The molecular formula is C18H25N5O2. The van der Waals surface area contributed by atoms with E-state index < -0.39 is 0 Å². The van der Waals surface area contributed by atoms with Crippen molar-refractivity contribution >= 4 is 5.91 Å². The third kappa shape index (κ3) is 4.64. The third-order valence-electron chi connectivity index (χ3n) is 4.49. The Kier molecular flexibility index (Phi) is 5.45. The van der Waals surface area contributed by atoms with Crippen LogP contribution >= 0.6 is 0 Å². The second kappa shape index (κ2) is 7.76. The molecule has 0 unspecified atom stereocenters. The summed E-state index contributed by atoms with van der Waals surface area (Å²) in [6.07, 6.45) is 0. The van der Waals surface area contributed by atoms with E-state index in [1.54, 1.807) is 18.9 Å². The highest BCUT2D eigenvalue weighted by Crippen LogP contribution is 2.12. The lowest BCUT2D eigenvalue weighted by Crippen LogP contribution is -2.43. The van der Waals surface area contributed by atoms with Crippen LogP contribution in [-0.2, 0) is 13.1 Å². The molecule has 0 spiro atoms. The fourth-order valence-electron chi connectivity index (χ4n) is 2.91. The lowest BCUT2D eigenvalue weighted by atomic mass is 10.1. The Balaban J connectivity index is 1.56. The predicted molar refractivity (Wildman–Crippen MR) is 94.0 cm³/mol. The zero-order valence-corrected chi connectivity index (χ0v) is 15.1. The van der Waals surface area contributed by atoms with E-state index in [1.807, 2.05) is 24.3 Å². The van der Waals surface area contributed by atoms with E-state index in [1.165, 1.54) is 5.56 Å². The van der Waals surface area contributed by atoms with Gasteiger partial charge in [0.05, 0.1) is 6.54 Å². The Morgan fingerprint density at radius 1 is 1.16 bits per heavy atom. The van der Waals surface area contributed by atoms with Gasteiger partial charge in [-0.05, 0) is 24.7 Å². The number of hydrogen-bond donors (Lipinski definition) is 0. The van der Waals surface area contributed by atoms with Crippen molar-refractivity contribution in [1.29, 1.82) is 0 Å². The average molecular weight is 343 g/mol. The van der Waals surface area contributed by atoms with Gasteiger partial charge in [-0.2, -0.15) is 0 Å². The van der Waals surface area contributed by atoms with Crippen LogP contribution < -0.4 is 0 Å². The van der Waals surface area contributed by atoms with Crippen molar-refractivity contribution in [2.45, 2.75) is 20.0 Å². The minimum atomic E-state index is -0.0537. The lowest BCUT2D eigenvalue weighted by molar-refractivity contribution is 0.0772. The fourth-order valence-corrected chi connectivity index (χ4v) is 2.91. The van der Waals surface area contributed by atoms with Gasteiger partial charge in [-0.15, -0.1) is 10.2 Å². The van der Waals surface area contributed by atoms with E-state index in [2.05, 4.69) is 27.0 Å². The largest absolute Gasteiger partial charge is 0.424 e. The second-order valence-electron chi connectivity index (χ2n) is 6.65. The van der Waals surface area contributed by atoms with E-state index in [0.29, 0.717) is 23.9 Å². The zero-order valence-electron chi connectivity index (χ0n) is 15.1. The smallest absolute Gasteiger partial charge is 0.254 e. The summed E-state index contributed by atoms with van der Waals surface area (Å²) in [7, 11) is 3.89. The standard InChI is InChI=1S/C18H25N5O2/c1-14-19-20-17(25-14)13-22(3)18(24)16-6-4-15(5-7-16)12-23-10-8-21(2)9-11-23/h4-7H,8-13H2,1-3H3. The maximum absolute atomic E-state index is 12.5. The van der Waals surface area contributed by atoms with Crippen LogP contribution in [0.2, 0.25) is 0 Å². The number of aromatic nitrogens is 2. The van der Waals surface area contributed by atoms with Crippen LogP contribution in [0.4, 0.5) is 0 Å². The molecule has 1 aromatic heterocycles. The van der Waals surface area contributed by atoms with Crippen LogP contribution in [0.25, 0.3) is 0 Å². The number of benzene rings is 1. The Labute approximate surface area is 148 Å². The molecule has 0 bridgehead atoms. The van der Waals surface area contributed by atoms with Crippen molar-refractivity contribution in [2.75, 3.05) is 40.3 Å². The van der Waals surface area contributed by atoms with Crippen LogP contribution in [0.15, 0.2) is 28.7 Å². The highest BCUT2D eigenvalue weighted by molar-refractivity contribution is 5.94. The first-order valence-corrected chi connectivity index (χ1v) is 8.55. The molecule has 0 saturated carbocycles. The number of nitrogens with zero attached hydrogens (tertiary/aromatic N) is 5. The molecule has 0 aliphatic carbocycles. The van der Waals surface area contributed by atoms with E-state index in [-0.39, 0.29) is 5.91 Å². The number of amides is 1. The van der Waals surface area contributed by atoms with Crippen molar-refractivity contribution in [2.24, 2.45) is 0 Å². The summed E-state index contributed by atoms with van der Waals surface area (Å²) in [4.78, 5) is 18.9. The number of aryl methyl sites for hydroxylation is 1. The van der Waals surface area contributed by atoms with Gasteiger partial charge in [-0.25, -0.2) is 0 Å². The van der Waals surface area contributed by atoms with Gasteiger partial charge in [-0.3, -0.25) is 9.69 Å². The number of rotatable bonds is 5. The van der Waals surface area contributed by atoms with Gasteiger partial charge in [0.2, 0.25) is 11.8 Å². The molecule has 0 atom stereocenters. The van der Waals surface area contributed by atoms with Crippen LogP contribution in [0.5, 0.6) is 0 Å². The van der Waals surface area contributed by atoms with Crippen LogP contribution in [0.3, 0.4) is 0 Å². The molecule has 1 amide bonds. The van der Waals surface area contributed by atoms with Gasteiger partial charge < -0.3 is 14.2 Å². The molecule has 1 aliphatic rings. The molecule has 3 rings (SSSR count). The minimum absolute atomic E-state index is 0.0537. The number of carbonyl (C=O) groups is 1. The highest BCUT2D eigenvalue weighted by atomic mass is 16.4. The molecule has 2 heterocycles. The summed E-state index contributed by atoms with van der Waals surface area (Å²) in [6, 6.07) is 7.86. The number of likely N-dealkylation sites (N-methyl/N-ethyl adjacent to an activating group) is 1. The maximum Gasteiger partial charge on any atom is 0.254 e. The molecule has 7 nitrogen and oxygen atoms in total. The van der Waals surface area contributed by atoms with Crippen LogP contribution in [0, 0.1) is 6.92 Å². The van der Waals surface area contributed by atoms with Gasteiger partial charge in [0.1, 0.15) is 0 Å². The molecule has 25 heavy (non-hydrogen) atoms. The van der Waals surface area contributed by atoms with E-state index >= 15 is 0 Å². The highest BCUT2D eigenvalue weighted by Gasteiger charge is 2.16. The van der Waals surface area contributed by atoms with Gasteiger partial charge in [-0.1, -0.05) is 12.1 Å². The maximum atomic E-state index is 12.5. The molecule has 0 radical (unpaired) electrons. The van der Waals surface area contributed by atoms with E-state index in [9.17, 15) is 4.79 Å². The molecule has 1 aromatic carbocycles. The zero-order chi connectivity index (χ0) is 17.8. The third-order valence-corrected chi connectivity index (χ3v) is 4.49. The van der Waals surface area contributed by atoms with Crippen LogP contribution in [0.1, 0.15) is 27.7 Å². The van der Waals surface area contributed by atoms with Crippen molar-refractivity contribution in [3.63, 3.8) is 0 Å². The average Bonchev–Trinajstić information content (AvgIpc) is 3.02. The SMILES string of the molecule is Cc1nnc(CN(C)C(=O)c2ccc(CN3CCN(C)CC3)cc2)o1. The van der Waals surface area contributed by atoms with Crippen molar-refractivity contribution in [3.05, 3.63) is 47.2 Å². The Morgan fingerprint density at radius 3 is 2.44 bits per heavy atom. The number of carbonyl (C=O) groups excluding carboxylic acids is 1. The monoisotopic (exact) mass is 343 g/mol. The van der Waals surface area contributed by atoms with E-state index in [0.717, 1.165) is 32.7 Å². The van der Waals surface area contributed by atoms with Gasteiger partial charge >= 0.3 is 0 Å². The topological polar surface area (TPSA) is 65.7 Å². The summed E-state index contributed by atoms with van der Waals surface area (Å²) in [5.74, 6) is 0.895. The second-order valence-corrected chi connectivity index (χ2v) is 6.65. The normalized spacial score (nSPS) is 16.1.